The van der Waals surface area contributed by atoms with E-state index in [1.54, 1.807) is 6.07 Å². The van der Waals surface area contributed by atoms with E-state index in [2.05, 4.69) is 4.74 Å². The zero-order valence-corrected chi connectivity index (χ0v) is 9.92. The molecule has 1 aromatic heterocycles. The minimum atomic E-state index is -0.315. The van der Waals surface area contributed by atoms with E-state index in [1.165, 1.54) is 18.4 Å². The lowest BCUT2D eigenvalue weighted by Gasteiger charge is -2.06. The molecule has 1 aromatic rings. The molecule has 0 radical (unpaired) electrons. The van der Waals surface area contributed by atoms with E-state index >= 15 is 0 Å². The average Bonchev–Trinajstić information content (AvgIpc) is 2.51. The number of nitrogens with two attached hydrogens (primary N) is 1. The summed E-state index contributed by atoms with van der Waals surface area (Å²) in [7, 11) is 1.34. The van der Waals surface area contributed by atoms with Crippen LogP contribution in [0.1, 0.15) is 17.3 Å². The summed E-state index contributed by atoms with van der Waals surface area (Å²) < 4.78 is 5.18. The first kappa shape index (κ1) is 13.7. The van der Waals surface area contributed by atoms with Crippen LogP contribution in [0.2, 0.25) is 4.34 Å². The highest BCUT2D eigenvalue weighted by molar-refractivity contribution is 7.16. The zero-order chi connectivity index (χ0) is 9.84. The van der Waals surface area contributed by atoms with Crippen molar-refractivity contribution in [2.75, 3.05) is 7.11 Å². The van der Waals surface area contributed by atoms with Crippen molar-refractivity contribution in [1.82, 2.24) is 0 Å². The summed E-state index contributed by atoms with van der Waals surface area (Å²) in [5.41, 5.74) is 5.74. The van der Waals surface area contributed by atoms with Gasteiger partial charge in [0.1, 0.15) is 0 Å². The summed E-state index contributed by atoms with van der Waals surface area (Å²) in [6.07, 6.45) is 0.188. The number of hydrogen-bond donors (Lipinski definition) is 1. The molecule has 1 heterocycles. The first-order valence-electron chi connectivity index (χ1n) is 3.71. The third-order valence-electron chi connectivity index (χ3n) is 1.57. The number of carbonyl (C=O) groups excluding carboxylic acids is 1. The van der Waals surface area contributed by atoms with Gasteiger partial charge in [0.2, 0.25) is 0 Å². The number of methoxy groups -OCH3 is 1. The van der Waals surface area contributed by atoms with Crippen molar-refractivity contribution >= 4 is 41.3 Å². The number of rotatable bonds is 3. The maximum atomic E-state index is 10.9. The van der Waals surface area contributed by atoms with Crippen molar-refractivity contribution in [1.29, 1.82) is 0 Å². The molecule has 0 unspecified atom stereocenters. The molecular weight excluding hydrogens is 245 g/mol. The van der Waals surface area contributed by atoms with Crippen molar-refractivity contribution in [3.8, 4) is 0 Å². The SMILES string of the molecule is COC(=O)C[C@@H](N)c1ccc(Cl)s1.Cl. The molecular formula is C8H11Cl2NO2S. The van der Waals surface area contributed by atoms with Crippen LogP contribution in [-0.2, 0) is 9.53 Å². The first-order valence-corrected chi connectivity index (χ1v) is 4.90. The fourth-order valence-corrected chi connectivity index (χ4v) is 1.95. The first-order chi connectivity index (χ1) is 6.13. The number of thiophene rings is 1. The van der Waals surface area contributed by atoms with Crippen LogP contribution in [0.15, 0.2) is 12.1 Å². The van der Waals surface area contributed by atoms with Gasteiger partial charge in [-0.1, -0.05) is 11.6 Å². The lowest BCUT2D eigenvalue weighted by Crippen LogP contribution is -2.14. The van der Waals surface area contributed by atoms with Gasteiger partial charge in [0.15, 0.2) is 0 Å². The second-order valence-corrected chi connectivity index (χ2v) is 4.28. The number of hydrogen-bond acceptors (Lipinski definition) is 4. The van der Waals surface area contributed by atoms with Crippen molar-refractivity contribution in [3.05, 3.63) is 21.3 Å². The normalized spacial score (nSPS) is 11.6. The molecule has 1 rings (SSSR count). The summed E-state index contributed by atoms with van der Waals surface area (Å²) in [6, 6.07) is 3.27. The Balaban J connectivity index is 0.00000169. The van der Waals surface area contributed by atoms with E-state index in [4.69, 9.17) is 17.3 Å². The van der Waals surface area contributed by atoms with Crippen molar-refractivity contribution in [2.45, 2.75) is 12.5 Å². The summed E-state index contributed by atoms with van der Waals surface area (Å²) in [5, 5.41) is 0. The summed E-state index contributed by atoms with van der Waals surface area (Å²) in [6.45, 7) is 0. The fourth-order valence-electron chi connectivity index (χ4n) is 0.891. The third-order valence-corrected chi connectivity index (χ3v) is 2.94. The van der Waals surface area contributed by atoms with Gasteiger partial charge in [-0.05, 0) is 12.1 Å². The van der Waals surface area contributed by atoms with E-state index in [9.17, 15) is 4.79 Å². The molecule has 0 aliphatic heterocycles. The smallest absolute Gasteiger partial charge is 0.307 e. The van der Waals surface area contributed by atoms with Crippen molar-refractivity contribution in [2.24, 2.45) is 5.73 Å². The highest BCUT2D eigenvalue weighted by Gasteiger charge is 2.13. The molecule has 0 aromatic carbocycles. The Morgan fingerprint density at radius 3 is 2.79 bits per heavy atom. The van der Waals surface area contributed by atoms with Crippen LogP contribution in [0.3, 0.4) is 0 Å². The number of halogens is 2. The predicted octanol–water partition coefficient (Wildman–Crippen LogP) is 2.39. The quantitative estimate of drug-likeness (QED) is 0.845. The van der Waals surface area contributed by atoms with Crippen molar-refractivity contribution < 1.29 is 9.53 Å². The van der Waals surface area contributed by atoms with Crippen LogP contribution in [0.5, 0.6) is 0 Å². The molecule has 0 saturated heterocycles. The molecule has 2 N–H and O–H groups in total. The summed E-state index contributed by atoms with van der Waals surface area (Å²) in [4.78, 5) is 11.8. The van der Waals surface area contributed by atoms with E-state index < -0.39 is 0 Å². The zero-order valence-electron chi connectivity index (χ0n) is 7.53. The van der Waals surface area contributed by atoms with Gasteiger partial charge in [0.25, 0.3) is 0 Å². The largest absolute Gasteiger partial charge is 0.469 e. The van der Waals surface area contributed by atoms with Gasteiger partial charge >= 0.3 is 5.97 Å². The van der Waals surface area contributed by atoms with E-state index in [-0.39, 0.29) is 30.8 Å². The Kier molecular flexibility index (Phi) is 6.11. The molecule has 0 fully saturated rings. The Bertz CT molecular complexity index is 303. The molecule has 14 heavy (non-hydrogen) atoms. The number of carbonyl (C=O) groups is 1. The van der Waals surface area contributed by atoms with Crippen LogP contribution < -0.4 is 5.73 Å². The second kappa shape index (κ2) is 6.24. The number of ether oxygens (including phenoxy) is 1. The van der Waals surface area contributed by atoms with Gasteiger partial charge < -0.3 is 10.5 Å². The molecule has 3 nitrogen and oxygen atoms in total. The molecule has 0 aliphatic rings. The number of esters is 1. The van der Waals surface area contributed by atoms with Crippen LogP contribution in [0, 0.1) is 0 Å². The van der Waals surface area contributed by atoms with Gasteiger partial charge in [-0.25, -0.2) is 0 Å². The highest BCUT2D eigenvalue weighted by atomic mass is 35.5. The minimum absolute atomic E-state index is 0. The Morgan fingerprint density at radius 2 is 2.36 bits per heavy atom. The van der Waals surface area contributed by atoms with E-state index in [0.29, 0.717) is 4.34 Å². The third kappa shape index (κ3) is 3.84. The highest BCUT2D eigenvalue weighted by Crippen LogP contribution is 2.27. The molecule has 0 aliphatic carbocycles. The lowest BCUT2D eigenvalue weighted by atomic mass is 10.2. The average molecular weight is 256 g/mol. The van der Waals surface area contributed by atoms with Crippen molar-refractivity contribution in [3.63, 3.8) is 0 Å². The molecule has 6 heteroatoms. The lowest BCUT2D eigenvalue weighted by molar-refractivity contribution is -0.141. The van der Waals surface area contributed by atoms with Crippen LogP contribution >= 0.6 is 35.3 Å². The summed E-state index contributed by atoms with van der Waals surface area (Å²) in [5.74, 6) is -0.308. The molecule has 80 valence electrons. The molecule has 0 amide bonds. The van der Waals surface area contributed by atoms with Gasteiger partial charge in [-0.15, -0.1) is 23.7 Å². The van der Waals surface area contributed by atoms with Crippen LogP contribution in [0.25, 0.3) is 0 Å². The van der Waals surface area contributed by atoms with Gasteiger partial charge in [0, 0.05) is 10.9 Å². The van der Waals surface area contributed by atoms with E-state index in [0.717, 1.165) is 4.88 Å². The second-order valence-electron chi connectivity index (χ2n) is 2.53. The molecule has 0 spiro atoms. The maximum absolute atomic E-state index is 10.9. The Hall–Kier alpha value is -0.290. The van der Waals surface area contributed by atoms with Gasteiger partial charge in [0.05, 0.1) is 17.9 Å². The maximum Gasteiger partial charge on any atom is 0.307 e. The fraction of sp³-hybridized carbons (Fsp3) is 0.375. The Morgan fingerprint density at radius 1 is 1.71 bits per heavy atom. The molecule has 1 atom stereocenters. The standard InChI is InChI=1S/C8H10ClNO2S.ClH/c1-12-8(11)4-5(10)6-2-3-7(9)13-6;/h2-3,5H,4,10H2,1H3;1H/t5-;/m1./s1. The van der Waals surface area contributed by atoms with E-state index in [1.807, 2.05) is 6.07 Å². The van der Waals surface area contributed by atoms with Crippen LogP contribution in [0.4, 0.5) is 0 Å². The van der Waals surface area contributed by atoms with Gasteiger partial charge in [-0.3, -0.25) is 4.79 Å². The topological polar surface area (TPSA) is 52.3 Å². The molecule has 0 saturated carbocycles. The monoisotopic (exact) mass is 255 g/mol. The molecule has 0 bridgehead atoms. The summed E-state index contributed by atoms with van der Waals surface area (Å²) >= 11 is 7.10. The Labute approximate surface area is 97.6 Å². The minimum Gasteiger partial charge on any atom is -0.469 e. The predicted molar refractivity (Wildman–Crippen MR) is 60.1 cm³/mol. The van der Waals surface area contributed by atoms with Gasteiger partial charge in [-0.2, -0.15) is 0 Å². The van der Waals surface area contributed by atoms with Crippen LogP contribution in [-0.4, -0.2) is 13.1 Å².